The van der Waals surface area contributed by atoms with E-state index in [-0.39, 0.29) is 17.5 Å². The van der Waals surface area contributed by atoms with Gasteiger partial charge in [-0.15, -0.1) is 5.10 Å². The van der Waals surface area contributed by atoms with Crippen molar-refractivity contribution in [1.82, 2.24) is 30.1 Å². The minimum Gasteiger partial charge on any atom is -0.486 e. The molecule has 4 heterocycles. The van der Waals surface area contributed by atoms with Crippen molar-refractivity contribution in [2.24, 2.45) is 0 Å². The van der Waals surface area contributed by atoms with E-state index in [1.54, 1.807) is 16.8 Å². The van der Waals surface area contributed by atoms with Crippen molar-refractivity contribution in [2.75, 3.05) is 26.4 Å². The number of hydrogen-bond acceptors (Lipinski definition) is 8. The summed E-state index contributed by atoms with van der Waals surface area (Å²) < 4.78 is 32.3. The van der Waals surface area contributed by atoms with Gasteiger partial charge in [0.15, 0.2) is 17.3 Å². The quantitative estimate of drug-likeness (QED) is 0.389. The number of halogens is 1. The second kappa shape index (κ2) is 10.3. The van der Waals surface area contributed by atoms with E-state index in [2.05, 4.69) is 25.4 Å². The molecule has 0 amide bonds. The van der Waals surface area contributed by atoms with Gasteiger partial charge in [0.25, 0.3) is 5.56 Å². The predicted molar refractivity (Wildman–Crippen MR) is 132 cm³/mol. The molecule has 0 unspecified atom stereocenters. The topological polar surface area (TPSA) is 107 Å². The summed E-state index contributed by atoms with van der Waals surface area (Å²) in [5, 5.41) is 13.1. The zero-order valence-electron chi connectivity index (χ0n) is 20.2. The molecule has 2 aliphatic heterocycles. The SMILES string of the molecule is O=c1[nH]c2cc3c(cc2cc1CN(Cc1nnnn1Cc1ccc(F)cc1)C[C@H]1CCCO1)OCCO3. The maximum Gasteiger partial charge on any atom is 0.252 e. The van der Waals surface area contributed by atoms with E-state index >= 15 is 0 Å². The van der Waals surface area contributed by atoms with E-state index in [1.165, 1.54) is 12.1 Å². The number of nitrogens with zero attached hydrogens (tertiary/aromatic N) is 5. The van der Waals surface area contributed by atoms with Crippen LogP contribution in [-0.4, -0.2) is 62.6 Å². The lowest BCUT2D eigenvalue weighted by atomic mass is 10.1. The van der Waals surface area contributed by atoms with Crippen molar-refractivity contribution >= 4 is 10.9 Å². The lowest BCUT2D eigenvalue weighted by molar-refractivity contribution is 0.0663. The van der Waals surface area contributed by atoms with Crippen molar-refractivity contribution in [3.8, 4) is 11.5 Å². The van der Waals surface area contributed by atoms with Crippen LogP contribution < -0.4 is 15.0 Å². The molecule has 1 saturated heterocycles. The van der Waals surface area contributed by atoms with Gasteiger partial charge in [-0.1, -0.05) is 12.1 Å². The van der Waals surface area contributed by atoms with Gasteiger partial charge in [-0.05, 0) is 53.1 Å². The van der Waals surface area contributed by atoms with Crippen molar-refractivity contribution in [2.45, 2.75) is 38.6 Å². The van der Waals surface area contributed by atoms with Gasteiger partial charge < -0.3 is 19.2 Å². The summed E-state index contributed by atoms with van der Waals surface area (Å²) in [5.41, 5.74) is 2.06. The molecule has 10 nitrogen and oxygen atoms in total. The van der Waals surface area contributed by atoms with Crippen LogP contribution in [0.5, 0.6) is 11.5 Å². The first-order chi connectivity index (χ1) is 18.1. The fraction of sp³-hybridized carbons (Fsp3) is 0.385. The summed E-state index contributed by atoms with van der Waals surface area (Å²) in [6.45, 7) is 3.60. The number of pyridine rings is 1. The average molecular weight is 507 g/mol. The number of fused-ring (bicyclic) bond motifs is 2. The number of nitrogens with one attached hydrogen (secondary N) is 1. The molecule has 1 fully saturated rings. The van der Waals surface area contributed by atoms with Crippen LogP contribution in [-0.2, 0) is 24.4 Å². The number of aromatic amines is 1. The highest BCUT2D eigenvalue weighted by atomic mass is 19.1. The monoisotopic (exact) mass is 506 g/mol. The van der Waals surface area contributed by atoms with Gasteiger partial charge in [-0.25, -0.2) is 9.07 Å². The molecule has 2 aromatic carbocycles. The van der Waals surface area contributed by atoms with Crippen LogP contribution in [0.2, 0.25) is 0 Å². The minimum absolute atomic E-state index is 0.0820. The fourth-order valence-corrected chi connectivity index (χ4v) is 4.83. The molecule has 6 rings (SSSR count). The third-order valence-electron chi connectivity index (χ3n) is 6.68. The Kier molecular flexibility index (Phi) is 6.54. The molecule has 2 aromatic heterocycles. The first-order valence-electron chi connectivity index (χ1n) is 12.4. The van der Waals surface area contributed by atoms with Gasteiger partial charge in [-0.2, -0.15) is 0 Å². The molecule has 0 saturated carbocycles. The fourth-order valence-electron chi connectivity index (χ4n) is 4.83. The van der Waals surface area contributed by atoms with Crippen molar-refractivity contribution in [3.05, 3.63) is 75.6 Å². The molecule has 0 bridgehead atoms. The second-order valence-corrected chi connectivity index (χ2v) is 9.39. The van der Waals surface area contributed by atoms with Crippen LogP contribution >= 0.6 is 0 Å². The van der Waals surface area contributed by atoms with E-state index in [4.69, 9.17) is 14.2 Å². The van der Waals surface area contributed by atoms with Gasteiger partial charge in [0.1, 0.15) is 19.0 Å². The lowest BCUT2D eigenvalue weighted by Crippen LogP contribution is -2.34. The Morgan fingerprint density at radius 1 is 1.05 bits per heavy atom. The smallest absolute Gasteiger partial charge is 0.252 e. The zero-order chi connectivity index (χ0) is 25.2. The van der Waals surface area contributed by atoms with E-state index < -0.39 is 0 Å². The van der Waals surface area contributed by atoms with Crippen LogP contribution in [0.25, 0.3) is 10.9 Å². The summed E-state index contributed by atoms with van der Waals surface area (Å²) in [6.07, 6.45) is 2.07. The Morgan fingerprint density at radius 3 is 2.65 bits per heavy atom. The predicted octanol–water partition coefficient (Wildman–Crippen LogP) is 2.65. The first-order valence-corrected chi connectivity index (χ1v) is 12.4. The Balaban J connectivity index is 1.26. The standard InChI is InChI=1S/C26H27FN6O4/c27-20-5-3-17(4-6-20)13-33-25(29-30-31-33)16-32(15-21-2-1-7-35-21)14-19-10-18-11-23-24(37-9-8-36-23)12-22(18)28-26(19)34/h3-6,10-12,21H,1-2,7-9,13-16H2,(H,28,34)/t21-/m1/s1. The maximum absolute atomic E-state index is 13.3. The molecule has 37 heavy (non-hydrogen) atoms. The van der Waals surface area contributed by atoms with Crippen LogP contribution in [0.3, 0.4) is 0 Å². The number of tetrazole rings is 1. The molecule has 0 aliphatic carbocycles. The first kappa shape index (κ1) is 23.6. The Hall–Kier alpha value is -3.83. The highest BCUT2D eigenvalue weighted by Crippen LogP contribution is 2.33. The van der Waals surface area contributed by atoms with Crippen LogP contribution in [0, 0.1) is 5.82 Å². The highest BCUT2D eigenvalue weighted by molar-refractivity contribution is 5.83. The number of rotatable bonds is 8. The number of H-pyrrole nitrogens is 1. The summed E-state index contributed by atoms with van der Waals surface area (Å²) >= 11 is 0. The van der Waals surface area contributed by atoms with Crippen LogP contribution in [0.1, 0.15) is 29.8 Å². The number of ether oxygens (including phenoxy) is 3. The highest BCUT2D eigenvalue weighted by Gasteiger charge is 2.23. The molecule has 1 atom stereocenters. The largest absolute Gasteiger partial charge is 0.486 e. The van der Waals surface area contributed by atoms with Gasteiger partial charge in [0.2, 0.25) is 0 Å². The second-order valence-electron chi connectivity index (χ2n) is 9.39. The summed E-state index contributed by atoms with van der Waals surface area (Å²) in [7, 11) is 0. The summed E-state index contributed by atoms with van der Waals surface area (Å²) in [6, 6.07) is 11.9. The van der Waals surface area contributed by atoms with E-state index in [9.17, 15) is 9.18 Å². The van der Waals surface area contributed by atoms with Crippen molar-refractivity contribution in [3.63, 3.8) is 0 Å². The molecule has 0 radical (unpaired) electrons. The molecule has 2 aliphatic rings. The van der Waals surface area contributed by atoms with Crippen molar-refractivity contribution < 1.29 is 18.6 Å². The normalized spacial score (nSPS) is 17.1. The van der Waals surface area contributed by atoms with Crippen molar-refractivity contribution in [1.29, 1.82) is 0 Å². The van der Waals surface area contributed by atoms with Gasteiger partial charge in [0.05, 0.1) is 24.7 Å². The molecular weight excluding hydrogens is 479 g/mol. The third-order valence-corrected chi connectivity index (χ3v) is 6.68. The van der Waals surface area contributed by atoms with Gasteiger partial charge in [-0.3, -0.25) is 9.69 Å². The minimum atomic E-state index is -0.288. The Morgan fingerprint density at radius 2 is 1.86 bits per heavy atom. The van der Waals surface area contributed by atoms with E-state index in [0.717, 1.165) is 30.4 Å². The number of benzene rings is 2. The summed E-state index contributed by atoms with van der Waals surface area (Å²) in [5.74, 6) is 1.67. The summed E-state index contributed by atoms with van der Waals surface area (Å²) in [4.78, 5) is 18.2. The number of hydrogen-bond donors (Lipinski definition) is 1. The Labute approximate surface area is 211 Å². The van der Waals surface area contributed by atoms with E-state index in [0.29, 0.717) is 67.8 Å². The Bertz CT molecular complexity index is 1450. The van der Waals surface area contributed by atoms with Gasteiger partial charge >= 0.3 is 0 Å². The van der Waals surface area contributed by atoms with Gasteiger partial charge in [0, 0.05) is 36.7 Å². The third kappa shape index (κ3) is 5.32. The molecule has 4 aromatic rings. The zero-order valence-corrected chi connectivity index (χ0v) is 20.2. The molecule has 11 heteroatoms. The molecule has 1 N–H and O–H groups in total. The molecule has 0 spiro atoms. The van der Waals surface area contributed by atoms with Crippen LogP contribution in [0.4, 0.5) is 4.39 Å². The molecular formula is C26H27FN6O4. The number of aromatic nitrogens is 5. The van der Waals surface area contributed by atoms with Crippen LogP contribution in [0.15, 0.2) is 47.3 Å². The molecule has 192 valence electrons. The van der Waals surface area contributed by atoms with E-state index in [1.807, 2.05) is 18.2 Å². The lowest BCUT2D eigenvalue weighted by Gasteiger charge is -2.25. The maximum atomic E-state index is 13.3. The average Bonchev–Trinajstić information content (AvgIpc) is 3.57.